The van der Waals surface area contributed by atoms with E-state index in [0.717, 1.165) is 29.7 Å². The molecule has 0 amide bonds. The van der Waals surface area contributed by atoms with Crippen molar-refractivity contribution in [1.82, 2.24) is 0 Å². The first-order valence-electron chi connectivity index (χ1n) is 9.63. The maximum absolute atomic E-state index is 12.5. The Balaban J connectivity index is 1.97. The summed E-state index contributed by atoms with van der Waals surface area (Å²) < 4.78 is 0. The Kier molecular flexibility index (Phi) is 8.12. The number of carbonyl (C=O) groups excluding carboxylic acids is 1. The monoisotopic (exact) mass is 378 g/mol. The van der Waals surface area contributed by atoms with Crippen LogP contribution in [0.25, 0.3) is 6.08 Å². The van der Waals surface area contributed by atoms with Crippen LogP contribution in [0, 0.1) is 11.3 Å². The van der Waals surface area contributed by atoms with Crippen LogP contribution < -0.4 is 0 Å². The van der Waals surface area contributed by atoms with Gasteiger partial charge in [-0.25, -0.2) is 0 Å². The lowest BCUT2D eigenvalue weighted by atomic mass is 9.80. The van der Waals surface area contributed by atoms with Gasteiger partial charge in [0.2, 0.25) is 0 Å². The van der Waals surface area contributed by atoms with E-state index in [2.05, 4.69) is 32.9 Å². The molecule has 2 aromatic rings. The van der Waals surface area contributed by atoms with E-state index in [9.17, 15) is 4.79 Å². The number of hydrogen-bond acceptors (Lipinski definition) is 2. The van der Waals surface area contributed by atoms with Crippen molar-refractivity contribution < 1.29 is 4.79 Å². The van der Waals surface area contributed by atoms with Gasteiger partial charge in [-0.05, 0) is 46.2 Å². The van der Waals surface area contributed by atoms with Crippen molar-refractivity contribution in [2.75, 3.05) is 0 Å². The number of thiocarbonyl (C=S) groups is 1. The van der Waals surface area contributed by atoms with Crippen LogP contribution >= 0.6 is 12.2 Å². The Labute approximate surface area is 169 Å². The van der Waals surface area contributed by atoms with E-state index in [4.69, 9.17) is 12.2 Å². The smallest absolute Gasteiger partial charge is 0.155 e. The average molecular weight is 379 g/mol. The van der Waals surface area contributed by atoms with Gasteiger partial charge < -0.3 is 0 Å². The fourth-order valence-electron chi connectivity index (χ4n) is 3.41. The number of rotatable bonds is 9. The van der Waals surface area contributed by atoms with Crippen LogP contribution in [0.2, 0.25) is 0 Å². The van der Waals surface area contributed by atoms with Gasteiger partial charge in [-0.3, -0.25) is 4.79 Å². The molecule has 1 nitrogen and oxygen atoms in total. The molecule has 0 fully saturated rings. The molecular formula is C25H30OS. The van der Waals surface area contributed by atoms with Crippen LogP contribution in [0.3, 0.4) is 0 Å². The Morgan fingerprint density at radius 3 is 2.15 bits per heavy atom. The van der Waals surface area contributed by atoms with E-state index in [1.54, 1.807) is 6.08 Å². The molecule has 0 radical (unpaired) electrons. The largest absolute Gasteiger partial charge is 0.295 e. The number of carbonyl (C=O) groups is 1. The minimum absolute atomic E-state index is 0.176. The molecule has 0 aliphatic heterocycles. The maximum Gasteiger partial charge on any atom is 0.155 e. The number of hydrogen-bond donors (Lipinski definition) is 0. The number of ketones is 1. The number of benzene rings is 2. The molecule has 27 heavy (non-hydrogen) atoms. The molecule has 0 N–H and O–H groups in total. The van der Waals surface area contributed by atoms with Crippen LogP contribution in [0.4, 0.5) is 0 Å². The van der Waals surface area contributed by atoms with Crippen LogP contribution in [-0.2, 0) is 11.2 Å². The minimum Gasteiger partial charge on any atom is -0.295 e. The minimum atomic E-state index is 0.176. The van der Waals surface area contributed by atoms with Gasteiger partial charge in [0.1, 0.15) is 0 Å². The third-order valence-corrected chi connectivity index (χ3v) is 4.72. The molecule has 2 rings (SSSR count). The topological polar surface area (TPSA) is 17.1 Å². The van der Waals surface area contributed by atoms with Gasteiger partial charge in [-0.15, -0.1) is 0 Å². The highest BCUT2D eigenvalue weighted by atomic mass is 32.1. The quantitative estimate of drug-likeness (QED) is 0.356. The Hall–Kier alpha value is -2.06. The van der Waals surface area contributed by atoms with Gasteiger partial charge in [0.25, 0.3) is 0 Å². The van der Waals surface area contributed by atoms with E-state index in [1.807, 2.05) is 54.6 Å². The summed E-state index contributed by atoms with van der Waals surface area (Å²) in [6, 6.07) is 20.3. The second-order valence-electron chi connectivity index (χ2n) is 8.45. The summed E-state index contributed by atoms with van der Waals surface area (Å²) in [6.45, 7) is 6.68. The van der Waals surface area contributed by atoms with E-state index < -0.39 is 0 Å². The SMILES string of the molecule is CC(C)(C)CC(CC(=O)/C=C/c1ccccc1)CC(=S)Cc1ccccc1. The van der Waals surface area contributed by atoms with Gasteiger partial charge >= 0.3 is 0 Å². The maximum atomic E-state index is 12.5. The summed E-state index contributed by atoms with van der Waals surface area (Å²) in [6.07, 6.45) is 6.80. The first-order valence-corrected chi connectivity index (χ1v) is 10.0. The second-order valence-corrected chi connectivity index (χ2v) is 9.03. The molecule has 0 bridgehead atoms. The van der Waals surface area contributed by atoms with Crippen molar-refractivity contribution in [3.05, 3.63) is 77.9 Å². The van der Waals surface area contributed by atoms with Crippen LogP contribution in [0.1, 0.15) is 51.2 Å². The molecule has 0 spiro atoms. The standard InChI is InChI=1S/C25H30OS/c1-25(2,3)19-22(18-24(27)17-21-12-8-5-9-13-21)16-23(26)15-14-20-10-6-4-7-11-20/h4-15,22H,16-19H2,1-3H3/b15-14+. The summed E-state index contributed by atoms with van der Waals surface area (Å²) in [5, 5.41) is 0. The van der Waals surface area contributed by atoms with E-state index in [1.165, 1.54) is 5.56 Å². The van der Waals surface area contributed by atoms with Crippen molar-refractivity contribution in [3.8, 4) is 0 Å². The number of allylic oxidation sites excluding steroid dienone is 1. The molecule has 2 aromatic carbocycles. The van der Waals surface area contributed by atoms with Gasteiger partial charge in [0, 0.05) is 12.8 Å². The molecule has 0 aliphatic rings. The van der Waals surface area contributed by atoms with Gasteiger partial charge in [0.15, 0.2) is 5.78 Å². The zero-order valence-electron chi connectivity index (χ0n) is 16.7. The van der Waals surface area contributed by atoms with Crippen molar-refractivity contribution in [3.63, 3.8) is 0 Å². The molecule has 0 saturated carbocycles. The molecule has 0 aromatic heterocycles. The first kappa shape index (κ1) is 21.2. The van der Waals surface area contributed by atoms with E-state index >= 15 is 0 Å². The second kappa shape index (κ2) is 10.3. The molecule has 0 heterocycles. The lowest BCUT2D eigenvalue weighted by molar-refractivity contribution is -0.115. The zero-order chi connectivity index (χ0) is 19.7. The molecule has 1 unspecified atom stereocenters. The molecule has 142 valence electrons. The summed E-state index contributed by atoms with van der Waals surface area (Å²) >= 11 is 5.67. The van der Waals surface area contributed by atoms with Crippen molar-refractivity contribution in [1.29, 1.82) is 0 Å². The van der Waals surface area contributed by atoms with Crippen LogP contribution in [0.5, 0.6) is 0 Å². The molecule has 0 saturated heterocycles. The molecule has 2 heteroatoms. The average Bonchev–Trinajstić information content (AvgIpc) is 2.60. The Bertz CT molecular complexity index is 754. The van der Waals surface area contributed by atoms with Gasteiger partial charge in [-0.1, -0.05) is 99.7 Å². The highest BCUT2D eigenvalue weighted by Gasteiger charge is 2.22. The van der Waals surface area contributed by atoms with E-state index in [-0.39, 0.29) is 17.1 Å². The van der Waals surface area contributed by atoms with E-state index in [0.29, 0.717) is 6.42 Å². The van der Waals surface area contributed by atoms with Crippen molar-refractivity contribution >= 4 is 28.9 Å². The highest BCUT2D eigenvalue weighted by Crippen LogP contribution is 2.29. The predicted molar refractivity (Wildman–Crippen MR) is 120 cm³/mol. The fourth-order valence-corrected chi connectivity index (χ4v) is 3.81. The summed E-state index contributed by atoms with van der Waals surface area (Å²) in [5.74, 6) is 0.463. The molecule has 1 atom stereocenters. The van der Waals surface area contributed by atoms with Gasteiger partial charge in [0.05, 0.1) is 0 Å². The summed E-state index contributed by atoms with van der Waals surface area (Å²) in [7, 11) is 0. The highest BCUT2D eigenvalue weighted by molar-refractivity contribution is 7.80. The Morgan fingerprint density at radius 2 is 1.56 bits per heavy atom. The third-order valence-electron chi connectivity index (χ3n) is 4.41. The Morgan fingerprint density at radius 1 is 0.963 bits per heavy atom. The van der Waals surface area contributed by atoms with Crippen molar-refractivity contribution in [2.24, 2.45) is 11.3 Å². The summed E-state index contributed by atoms with van der Waals surface area (Å²) in [4.78, 5) is 13.6. The van der Waals surface area contributed by atoms with Crippen LogP contribution in [0.15, 0.2) is 66.7 Å². The van der Waals surface area contributed by atoms with Crippen molar-refractivity contribution in [2.45, 2.75) is 46.5 Å². The lowest BCUT2D eigenvalue weighted by Crippen LogP contribution is -2.19. The molecular weight excluding hydrogens is 348 g/mol. The third kappa shape index (κ3) is 8.92. The first-order chi connectivity index (χ1) is 12.8. The van der Waals surface area contributed by atoms with Crippen LogP contribution in [-0.4, -0.2) is 10.6 Å². The zero-order valence-corrected chi connectivity index (χ0v) is 17.5. The fraction of sp³-hybridized carbons (Fsp3) is 0.360. The molecule has 0 aliphatic carbocycles. The normalized spacial score (nSPS) is 12.9. The summed E-state index contributed by atoms with van der Waals surface area (Å²) in [5.41, 5.74) is 2.47. The predicted octanol–water partition coefficient (Wildman–Crippen LogP) is 6.71. The van der Waals surface area contributed by atoms with Gasteiger partial charge in [-0.2, -0.15) is 0 Å². The lowest BCUT2D eigenvalue weighted by Gasteiger charge is -2.25.